The van der Waals surface area contributed by atoms with Crippen LogP contribution < -0.4 is 10.6 Å². The minimum Gasteiger partial charge on any atom is -0.352 e. The first kappa shape index (κ1) is 24.0. The Morgan fingerprint density at radius 3 is 2.24 bits per heavy atom. The van der Waals surface area contributed by atoms with Gasteiger partial charge in [-0.3, -0.25) is 9.89 Å². The maximum atomic E-state index is 4.47. The number of thiazole rings is 1. The van der Waals surface area contributed by atoms with Crippen molar-refractivity contribution in [2.45, 2.75) is 33.5 Å². The Morgan fingerprint density at radius 2 is 1.66 bits per heavy atom. The standard InChI is InChI=1S/C21H32N6S.HI/c1-16-20(28-17(2)25-16)14-24-21(22-3)23-13-18-5-7-19(8-6-18)15-27-11-9-26(4)10-12-27;/h5-8H,9-15H2,1-4H3,(H2,22,23,24);1H. The van der Waals surface area contributed by atoms with Gasteiger partial charge in [0.15, 0.2) is 5.96 Å². The Balaban J connectivity index is 0.00000300. The average molecular weight is 529 g/mol. The first-order valence-electron chi connectivity index (χ1n) is 9.89. The van der Waals surface area contributed by atoms with Crippen LogP contribution in [0.4, 0.5) is 0 Å². The normalized spacial score (nSPS) is 15.8. The molecule has 0 aliphatic carbocycles. The number of nitrogens with one attached hydrogen (secondary N) is 2. The minimum atomic E-state index is 0. The molecule has 3 rings (SSSR count). The molecule has 1 aromatic heterocycles. The Morgan fingerprint density at radius 1 is 1.03 bits per heavy atom. The van der Waals surface area contributed by atoms with Gasteiger partial charge in [-0.1, -0.05) is 24.3 Å². The summed E-state index contributed by atoms with van der Waals surface area (Å²) in [5.41, 5.74) is 3.74. The summed E-state index contributed by atoms with van der Waals surface area (Å²) in [4.78, 5) is 15.0. The quantitative estimate of drug-likeness (QED) is 0.343. The van der Waals surface area contributed by atoms with Crippen molar-refractivity contribution < 1.29 is 0 Å². The highest BCUT2D eigenvalue weighted by Gasteiger charge is 2.13. The summed E-state index contributed by atoms with van der Waals surface area (Å²) in [6, 6.07) is 8.91. The number of rotatable bonds is 6. The van der Waals surface area contributed by atoms with Gasteiger partial charge in [-0.2, -0.15) is 0 Å². The van der Waals surface area contributed by atoms with Crippen LogP contribution in [-0.2, 0) is 19.6 Å². The average Bonchev–Trinajstić information content (AvgIpc) is 3.02. The molecule has 2 aromatic rings. The third-order valence-corrected chi connectivity index (χ3v) is 6.20. The molecule has 1 aliphatic rings. The van der Waals surface area contributed by atoms with Gasteiger partial charge in [-0.25, -0.2) is 4.98 Å². The van der Waals surface area contributed by atoms with E-state index in [0.717, 1.165) is 62.5 Å². The molecule has 2 heterocycles. The molecular formula is C21H33IN6S. The van der Waals surface area contributed by atoms with Crippen LogP contribution in [0.3, 0.4) is 0 Å². The molecule has 29 heavy (non-hydrogen) atoms. The number of halogens is 1. The molecule has 0 spiro atoms. The SMILES string of the molecule is CN=C(NCc1ccc(CN2CCN(C)CC2)cc1)NCc1sc(C)nc1C.I. The second kappa shape index (κ2) is 11.8. The van der Waals surface area contributed by atoms with Crippen LogP contribution in [-0.4, -0.2) is 61.0 Å². The van der Waals surface area contributed by atoms with E-state index in [9.17, 15) is 0 Å². The summed E-state index contributed by atoms with van der Waals surface area (Å²) in [7, 11) is 4.00. The van der Waals surface area contributed by atoms with Crippen LogP contribution in [0, 0.1) is 13.8 Å². The van der Waals surface area contributed by atoms with E-state index in [1.807, 2.05) is 6.92 Å². The third kappa shape index (κ3) is 7.51. The number of likely N-dealkylation sites (N-methyl/N-ethyl adjacent to an activating group) is 1. The second-order valence-electron chi connectivity index (χ2n) is 7.42. The number of aromatic nitrogens is 1. The molecule has 0 bridgehead atoms. The number of piperazine rings is 1. The molecule has 1 saturated heterocycles. The van der Waals surface area contributed by atoms with E-state index in [4.69, 9.17) is 0 Å². The molecule has 6 nitrogen and oxygen atoms in total. The van der Waals surface area contributed by atoms with Crippen molar-refractivity contribution in [2.24, 2.45) is 4.99 Å². The zero-order valence-electron chi connectivity index (χ0n) is 17.9. The molecule has 0 amide bonds. The van der Waals surface area contributed by atoms with Crippen molar-refractivity contribution in [1.29, 1.82) is 0 Å². The van der Waals surface area contributed by atoms with Gasteiger partial charge in [0, 0.05) is 51.2 Å². The monoisotopic (exact) mass is 528 g/mol. The Labute approximate surface area is 195 Å². The molecule has 1 aliphatic heterocycles. The van der Waals surface area contributed by atoms with Gasteiger partial charge in [0.1, 0.15) is 0 Å². The number of hydrogen-bond donors (Lipinski definition) is 2. The van der Waals surface area contributed by atoms with Crippen LogP contribution >= 0.6 is 35.3 Å². The maximum absolute atomic E-state index is 4.47. The number of nitrogens with zero attached hydrogens (tertiary/aromatic N) is 4. The summed E-state index contributed by atoms with van der Waals surface area (Å²) < 4.78 is 0. The summed E-state index contributed by atoms with van der Waals surface area (Å²) >= 11 is 1.73. The lowest BCUT2D eigenvalue weighted by Gasteiger charge is -2.32. The van der Waals surface area contributed by atoms with Gasteiger partial charge in [0.25, 0.3) is 0 Å². The summed E-state index contributed by atoms with van der Waals surface area (Å²) in [6.07, 6.45) is 0. The van der Waals surface area contributed by atoms with Crippen LogP contribution in [0.15, 0.2) is 29.3 Å². The van der Waals surface area contributed by atoms with E-state index >= 15 is 0 Å². The molecule has 0 radical (unpaired) electrons. The third-order valence-electron chi connectivity index (χ3n) is 5.12. The van der Waals surface area contributed by atoms with Crippen molar-refractivity contribution in [1.82, 2.24) is 25.4 Å². The molecule has 0 atom stereocenters. The summed E-state index contributed by atoms with van der Waals surface area (Å²) in [6.45, 7) is 11.3. The van der Waals surface area contributed by atoms with Gasteiger partial charge in [0.2, 0.25) is 0 Å². The Bertz CT molecular complexity index is 781. The summed E-state index contributed by atoms with van der Waals surface area (Å²) in [5.74, 6) is 0.812. The first-order valence-corrected chi connectivity index (χ1v) is 10.7. The number of hydrogen-bond acceptors (Lipinski definition) is 5. The van der Waals surface area contributed by atoms with Gasteiger partial charge in [0.05, 0.1) is 17.2 Å². The second-order valence-corrected chi connectivity index (χ2v) is 8.70. The van der Waals surface area contributed by atoms with E-state index in [2.05, 4.69) is 68.6 Å². The smallest absolute Gasteiger partial charge is 0.191 e. The van der Waals surface area contributed by atoms with E-state index in [1.165, 1.54) is 16.0 Å². The topological polar surface area (TPSA) is 55.8 Å². The molecule has 0 saturated carbocycles. The van der Waals surface area contributed by atoms with E-state index in [0.29, 0.717) is 0 Å². The predicted octanol–water partition coefficient (Wildman–Crippen LogP) is 2.99. The van der Waals surface area contributed by atoms with Crippen molar-refractivity contribution in [2.75, 3.05) is 40.3 Å². The molecule has 160 valence electrons. The van der Waals surface area contributed by atoms with E-state index in [1.54, 1.807) is 18.4 Å². The molecule has 8 heteroatoms. The zero-order chi connectivity index (χ0) is 19.9. The number of guanidine groups is 1. The lowest BCUT2D eigenvalue weighted by Crippen LogP contribution is -2.43. The Kier molecular flexibility index (Phi) is 9.81. The molecule has 0 unspecified atom stereocenters. The number of benzene rings is 1. The van der Waals surface area contributed by atoms with Gasteiger partial charge < -0.3 is 15.5 Å². The van der Waals surface area contributed by atoms with Crippen LogP contribution in [0.2, 0.25) is 0 Å². The van der Waals surface area contributed by atoms with Gasteiger partial charge >= 0.3 is 0 Å². The molecule has 2 N–H and O–H groups in total. The van der Waals surface area contributed by atoms with E-state index in [-0.39, 0.29) is 24.0 Å². The van der Waals surface area contributed by atoms with Crippen molar-refractivity contribution in [3.8, 4) is 0 Å². The molecular weight excluding hydrogens is 495 g/mol. The van der Waals surface area contributed by atoms with Crippen molar-refractivity contribution >= 4 is 41.3 Å². The van der Waals surface area contributed by atoms with E-state index < -0.39 is 0 Å². The van der Waals surface area contributed by atoms with Crippen molar-refractivity contribution in [3.05, 3.63) is 51.0 Å². The zero-order valence-corrected chi connectivity index (χ0v) is 21.0. The maximum Gasteiger partial charge on any atom is 0.191 e. The number of aliphatic imine (C=N–C) groups is 1. The fraction of sp³-hybridized carbons (Fsp3) is 0.524. The summed E-state index contributed by atoms with van der Waals surface area (Å²) in [5, 5.41) is 7.88. The highest BCUT2D eigenvalue weighted by molar-refractivity contribution is 14.0. The van der Waals surface area contributed by atoms with Crippen LogP contribution in [0.5, 0.6) is 0 Å². The molecule has 1 aromatic carbocycles. The number of aryl methyl sites for hydroxylation is 2. The predicted molar refractivity (Wildman–Crippen MR) is 133 cm³/mol. The first-order chi connectivity index (χ1) is 13.5. The highest BCUT2D eigenvalue weighted by atomic mass is 127. The Hall–Kier alpha value is -1.23. The minimum absolute atomic E-state index is 0. The fourth-order valence-corrected chi connectivity index (χ4v) is 4.21. The fourth-order valence-electron chi connectivity index (χ4n) is 3.33. The van der Waals surface area contributed by atoms with Gasteiger partial charge in [-0.05, 0) is 32.0 Å². The largest absolute Gasteiger partial charge is 0.352 e. The van der Waals surface area contributed by atoms with Gasteiger partial charge in [-0.15, -0.1) is 35.3 Å². The van der Waals surface area contributed by atoms with Crippen LogP contribution in [0.1, 0.15) is 26.7 Å². The lowest BCUT2D eigenvalue weighted by atomic mass is 10.1. The van der Waals surface area contributed by atoms with Crippen molar-refractivity contribution in [3.63, 3.8) is 0 Å². The highest BCUT2D eigenvalue weighted by Crippen LogP contribution is 2.16. The van der Waals surface area contributed by atoms with Crippen LogP contribution in [0.25, 0.3) is 0 Å². The molecule has 1 fully saturated rings. The lowest BCUT2D eigenvalue weighted by molar-refractivity contribution is 0.148.